The van der Waals surface area contributed by atoms with Gasteiger partial charge in [0.15, 0.2) is 11.6 Å². The molecule has 0 bridgehead atoms. The number of aliphatic hydroxyl groups is 1. The lowest BCUT2D eigenvalue weighted by molar-refractivity contribution is -0.128. The Kier molecular flexibility index (Phi) is 38.9. The van der Waals surface area contributed by atoms with Crippen LogP contribution in [0.25, 0.3) is 32.3 Å². The molecule has 4 saturated carbocycles. The number of nitrogens with one attached hydrogen (secondary N) is 1. The van der Waals surface area contributed by atoms with Crippen LogP contribution in [-0.2, 0) is 82.2 Å². The smallest absolute Gasteiger partial charge is 0.410 e. The lowest BCUT2D eigenvalue weighted by atomic mass is 9.84. The number of benzene rings is 4. The molecule has 6 aromatic heterocycles. The van der Waals surface area contributed by atoms with E-state index in [0.29, 0.717) is 115 Å². The summed E-state index contributed by atoms with van der Waals surface area (Å²) >= 11 is 5.30. The Morgan fingerprint density at radius 3 is 1.29 bits per heavy atom. The molecule has 4 aliphatic carbocycles. The molecule has 37 heteroatoms. The largest absolute Gasteiger partial charge is 0.444 e. The summed E-state index contributed by atoms with van der Waals surface area (Å²) in [6, 6.07) is 32.5. The number of pyridine rings is 3. The molecule has 141 heavy (non-hydrogen) atoms. The number of carbonyl (C=O) groups excluding carboxylic acids is 5. The van der Waals surface area contributed by atoms with Crippen LogP contribution >= 0.6 is 22.3 Å². The maximum absolute atomic E-state index is 14.2. The molecule has 10 aromatic rings. The Morgan fingerprint density at radius 1 is 0.518 bits per heavy atom. The Hall–Kier alpha value is -11.1. The Morgan fingerprint density at radius 2 is 0.922 bits per heavy atom. The summed E-state index contributed by atoms with van der Waals surface area (Å²) in [5, 5.41) is 36.9. The number of fused-ring (bicyclic) bond motifs is 3. The van der Waals surface area contributed by atoms with Gasteiger partial charge in [-0.3, -0.25) is 53.5 Å². The topological polar surface area (TPSA) is 369 Å². The number of halogens is 4. The molecule has 0 radical (unpaired) electrons. The van der Waals surface area contributed by atoms with Crippen molar-refractivity contribution in [2.75, 3.05) is 41.4 Å². The molecule has 2 aliphatic heterocycles. The number of aromatic nitrogens is 9. The number of likely N-dealkylation sites (tertiary alicyclic amines) is 2. The standard InChI is InChI=1S/C35H49N5O5Si.C26H30N4O3.C26H36N4O2Si.C9H14ClNO3.C7H2ClF2NO2S.CH4/c1-35(2,3)45-34(43)38-17-16-31(38)33(42)39(23-28-13-12-26(21-36-28)25-10-8-7-9-11-25)29-14-15-30-27(20-29)22-37-40(32(30)41)24-44-18-19-46(4,5)6;31-17-30-26(33)24-12-11-23(13-21(24)15-28-30)29(25(32)19-7-4-8-19)16-22-10-9-20(14-27-22)18-5-2-1-3-6-18;1-33(2,3)14-13-32-19-30-26(31)25-12-11-23(15-22(25)17-29-30)28-18-24-10-9-21(16-27-24)20-7-5-4-6-8-20;1-9(2,3)14-8(13)11-5-4-6(11)7(10)12;8-14(12,13)5-1-4(3-11)7(10)6(9)2-5;/h12-15,20-22,25,31H,7-11,16-19,23-24H2,1-6H3;9-15,18-19,31H,1-8,16-17H2;9-12,15-17,20,28H,4-8,13-14,18-19H2,1-3H3;6H,4-5H2,1-3H3;1-2H;1H4/t31-;;;6-;;/m1..1../s1. The fourth-order valence-corrected chi connectivity index (χ4v) is 19.8. The summed E-state index contributed by atoms with van der Waals surface area (Å²) in [5.41, 5.74) is 6.21. The van der Waals surface area contributed by atoms with E-state index in [4.69, 9.17) is 56.5 Å². The first-order chi connectivity index (χ1) is 66.5. The molecule has 2 saturated heterocycles. The van der Waals surface area contributed by atoms with Gasteiger partial charge in [-0.25, -0.2) is 40.8 Å². The van der Waals surface area contributed by atoms with Gasteiger partial charge in [0.05, 0.1) is 81.9 Å². The van der Waals surface area contributed by atoms with Crippen molar-refractivity contribution in [2.24, 2.45) is 5.92 Å². The summed E-state index contributed by atoms with van der Waals surface area (Å²) in [5.74, 6) is -1.07. The molecule has 8 heterocycles. The number of nitriles is 1. The highest BCUT2D eigenvalue weighted by atomic mass is 35.7. The molecule has 0 spiro atoms. The minimum absolute atomic E-state index is 0. The van der Waals surface area contributed by atoms with Crippen molar-refractivity contribution in [3.05, 3.63) is 222 Å². The van der Waals surface area contributed by atoms with E-state index in [-0.39, 0.29) is 61.8 Å². The molecule has 6 fully saturated rings. The number of hydrogen-bond donors (Lipinski definition) is 2. The van der Waals surface area contributed by atoms with Crippen LogP contribution in [0.15, 0.2) is 160 Å². The zero-order chi connectivity index (χ0) is 101. The van der Waals surface area contributed by atoms with Crippen molar-refractivity contribution in [3.8, 4) is 6.07 Å². The number of nitrogens with zero attached hydrogens (tertiary/aromatic N) is 14. The van der Waals surface area contributed by atoms with Crippen molar-refractivity contribution in [1.82, 2.24) is 54.1 Å². The lowest BCUT2D eigenvalue weighted by Crippen LogP contribution is -2.59. The summed E-state index contributed by atoms with van der Waals surface area (Å²) < 4.78 is 72.8. The van der Waals surface area contributed by atoms with E-state index in [0.717, 1.165) is 69.9 Å². The zero-order valence-electron chi connectivity index (χ0n) is 82.2. The third-order valence-corrected chi connectivity index (χ3v) is 30.8. The van der Waals surface area contributed by atoms with E-state index in [1.54, 1.807) is 73.4 Å². The first-order valence-corrected chi connectivity index (χ1v) is 58.6. The highest BCUT2D eigenvalue weighted by molar-refractivity contribution is 8.13. The molecule has 6 aliphatic rings. The maximum Gasteiger partial charge on any atom is 0.410 e. The number of anilines is 3. The lowest BCUT2D eigenvalue weighted by Gasteiger charge is -2.42. The van der Waals surface area contributed by atoms with Gasteiger partial charge in [0.1, 0.15) is 49.5 Å². The zero-order valence-corrected chi connectivity index (χ0v) is 86.5. The number of hydrogen-bond acceptors (Lipinski definition) is 23. The molecule has 4 aromatic carbocycles. The maximum atomic E-state index is 14.2. The van der Waals surface area contributed by atoms with Gasteiger partial charge < -0.3 is 39.2 Å². The van der Waals surface area contributed by atoms with E-state index in [9.17, 15) is 60.7 Å². The van der Waals surface area contributed by atoms with Crippen molar-refractivity contribution >= 4 is 126 Å². The van der Waals surface area contributed by atoms with E-state index >= 15 is 0 Å². The van der Waals surface area contributed by atoms with E-state index in [1.807, 2.05) is 81.8 Å². The quantitative estimate of drug-likeness (QED) is 0.0274. The molecule has 16 rings (SSSR count). The Bertz CT molecular complexity index is 6350. The van der Waals surface area contributed by atoms with Crippen LogP contribution in [0.3, 0.4) is 0 Å². The first kappa shape index (κ1) is 110. The average Bonchev–Trinajstić information content (AvgIpc) is 0.772. The average molecular weight is 2030 g/mol. The van der Waals surface area contributed by atoms with Crippen LogP contribution < -0.4 is 31.8 Å². The van der Waals surface area contributed by atoms with Crippen LogP contribution in [0, 0.1) is 28.9 Å². The van der Waals surface area contributed by atoms with E-state index < -0.39 is 94.7 Å². The second-order valence-electron chi connectivity index (χ2n) is 41.2. The van der Waals surface area contributed by atoms with Crippen LogP contribution in [0.1, 0.15) is 234 Å². The number of amides is 4. The van der Waals surface area contributed by atoms with Gasteiger partial charge in [-0.15, -0.1) is 0 Å². The predicted molar refractivity (Wildman–Crippen MR) is 550 cm³/mol. The van der Waals surface area contributed by atoms with E-state index in [2.05, 4.69) is 89.1 Å². The highest BCUT2D eigenvalue weighted by Crippen LogP contribution is 2.39. The predicted octanol–water partition coefficient (Wildman–Crippen LogP) is 20.7. The second kappa shape index (κ2) is 49.7. The van der Waals surface area contributed by atoms with Gasteiger partial charge in [0, 0.05) is 111 Å². The Labute approximate surface area is 835 Å². The molecule has 0 unspecified atom stereocenters. The van der Waals surface area contributed by atoms with E-state index in [1.165, 1.54) is 138 Å². The van der Waals surface area contributed by atoms with Crippen molar-refractivity contribution in [3.63, 3.8) is 0 Å². The Balaban J connectivity index is 0.000000179. The molecule has 2 atom stereocenters. The monoisotopic (exact) mass is 2030 g/mol. The highest BCUT2D eigenvalue weighted by Gasteiger charge is 2.43. The normalized spacial score (nSPS) is 16.5. The third kappa shape index (κ3) is 31.2. The van der Waals surface area contributed by atoms with Crippen molar-refractivity contribution in [2.45, 2.75) is 315 Å². The van der Waals surface area contributed by atoms with Crippen LogP contribution in [0.5, 0.6) is 0 Å². The number of ether oxygens (including phenoxy) is 4. The van der Waals surface area contributed by atoms with Gasteiger partial charge in [-0.1, -0.05) is 129 Å². The van der Waals surface area contributed by atoms with Crippen LogP contribution in [0.2, 0.25) is 51.4 Å². The van der Waals surface area contributed by atoms with Gasteiger partial charge in [0.2, 0.25) is 17.1 Å². The molecule has 4 amide bonds. The third-order valence-electron chi connectivity index (χ3n) is 25.8. The van der Waals surface area contributed by atoms with Gasteiger partial charge in [0.25, 0.3) is 25.7 Å². The summed E-state index contributed by atoms with van der Waals surface area (Å²) in [6.45, 7) is 27.9. The van der Waals surface area contributed by atoms with Crippen molar-refractivity contribution < 1.29 is 65.2 Å². The second-order valence-corrected chi connectivity index (χ2v) is 55.4. The number of carbonyl (C=O) groups is 5. The van der Waals surface area contributed by atoms with Crippen LogP contribution in [0.4, 0.5) is 35.4 Å². The number of rotatable bonds is 27. The summed E-state index contributed by atoms with van der Waals surface area (Å²) in [6.07, 6.45) is 33.2. The molecular formula is C104H135Cl2F2N15O15SSi2. The van der Waals surface area contributed by atoms with Crippen LogP contribution in [-0.4, -0.2) is 163 Å². The fraction of sp³-hybridized carbons (Fsp3) is 0.510. The van der Waals surface area contributed by atoms with Crippen molar-refractivity contribution in [1.29, 1.82) is 5.26 Å². The molecule has 30 nitrogen and oxygen atoms in total. The molecule has 2 N–H and O–H groups in total. The summed E-state index contributed by atoms with van der Waals surface area (Å²) in [4.78, 5) is 121. The minimum Gasteiger partial charge on any atom is -0.444 e. The molecule has 758 valence electrons. The van der Waals surface area contributed by atoms with Gasteiger partial charge in [-0.2, -0.15) is 20.6 Å². The molecular weight excluding hydrogens is 1900 g/mol. The summed E-state index contributed by atoms with van der Waals surface area (Å²) in [7, 11) is -1.67. The fourth-order valence-electron chi connectivity index (χ4n) is 17.3. The SMILES string of the molecule is C.CC(C)(C)OC(=O)N1CC[C@@H]1C(=O)Cl.CC(C)(C)OC(=O)N1CC[C@@H]1C(=O)N(Cc1ccc(C2CCCCC2)cn1)c1ccc2c(=O)n(COCC[Si](C)(C)C)ncc2c1.C[Si](C)(C)CCOCn1ncc2cc(NCc3ccc(C4CCCCC4)cn3)ccc2c1=O.N#Cc1cc(S(=O)(=O)Cl)cc(F)c1F.O=C(C1CCC1)N(Cc1ccc(C2CCCCC2)cn1)c1ccc2c(=O)n(CO)ncc2c1. The number of aliphatic hydroxyl groups excluding tert-OH is 1. The minimum atomic E-state index is -4.16. The van der Waals surface area contributed by atoms with Gasteiger partial charge >= 0.3 is 12.2 Å². The first-order valence-electron chi connectivity index (χ1n) is 48.5. The van der Waals surface area contributed by atoms with Gasteiger partial charge in [-0.05, 0) is 249 Å².